The molecule has 0 aliphatic heterocycles. The molecule has 1 rings (SSSR count). The highest BCUT2D eigenvalue weighted by atomic mass is 16.5. The SMILES string of the molecule is COC1=CC(CC(C)=O)CC(OC)=C1OC. The topological polar surface area (TPSA) is 44.8 Å². The first-order valence-corrected chi connectivity index (χ1v) is 5.19. The smallest absolute Gasteiger partial charge is 0.198 e. The van der Waals surface area contributed by atoms with Crippen LogP contribution in [0.1, 0.15) is 19.8 Å². The van der Waals surface area contributed by atoms with Crippen LogP contribution in [0.25, 0.3) is 0 Å². The largest absolute Gasteiger partial charge is 0.497 e. The molecule has 0 fully saturated rings. The van der Waals surface area contributed by atoms with Crippen LogP contribution in [0.4, 0.5) is 0 Å². The number of methoxy groups -OCH3 is 3. The summed E-state index contributed by atoms with van der Waals surface area (Å²) < 4.78 is 15.7. The molecule has 4 nitrogen and oxygen atoms in total. The summed E-state index contributed by atoms with van der Waals surface area (Å²) in [6, 6.07) is 0. The number of hydrogen-bond donors (Lipinski definition) is 0. The van der Waals surface area contributed by atoms with Crippen LogP contribution in [0.3, 0.4) is 0 Å². The molecule has 0 amide bonds. The van der Waals surface area contributed by atoms with E-state index in [0.29, 0.717) is 24.4 Å². The van der Waals surface area contributed by atoms with E-state index < -0.39 is 0 Å². The van der Waals surface area contributed by atoms with E-state index in [1.165, 1.54) is 0 Å². The quantitative estimate of drug-likeness (QED) is 0.719. The Balaban J connectivity index is 2.92. The van der Waals surface area contributed by atoms with Crippen LogP contribution in [-0.4, -0.2) is 27.1 Å². The van der Waals surface area contributed by atoms with Crippen molar-refractivity contribution >= 4 is 5.78 Å². The molecule has 1 atom stereocenters. The monoisotopic (exact) mass is 226 g/mol. The number of carbonyl (C=O) groups is 1. The third-order valence-electron chi connectivity index (χ3n) is 2.53. The second-order valence-corrected chi connectivity index (χ2v) is 3.77. The Morgan fingerprint density at radius 2 is 2.00 bits per heavy atom. The van der Waals surface area contributed by atoms with Gasteiger partial charge < -0.3 is 19.0 Å². The summed E-state index contributed by atoms with van der Waals surface area (Å²) in [4.78, 5) is 11.1. The van der Waals surface area contributed by atoms with E-state index in [0.717, 1.165) is 5.76 Å². The number of Topliss-reactive ketones (excluding diaryl/α,β-unsaturated/α-hetero) is 1. The third-order valence-corrected chi connectivity index (χ3v) is 2.53. The highest BCUT2D eigenvalue weighted by Gasteiger charge is 2.25. The Labute approximate surface area is 95.9 Å². The summed E-state index contributed by atoms with van der Waals surface area (Å²) in [6.45, 7) is 1.59. The van der Waals surface area contributed by atoms with Crippen molar-refractivity contribution in [2.45, 2.75) is 19.8 Å². The molecule has 0 heterocycles. The van der Waals surface area contributed by atoms with E-state index in [2.05, 4.69) is 0 Å². The number of rotatable bonds is 5. The van der Waals surface area contributed by atoms with Gasteiger partial charge in [-0.15, -0.1) is 0 Å². The second kappa shape index (κ2) is 5.58. The fraction of sp³-hybridized carbons (Fsp3) is 0.583. The van der Waals surface area contributed by atoms with Gasteiger partial charge in [0.2, 0.25) is 0 Å². The van der Waals surface area contributed by atoms with Gasteiger partial charge >= 0.3 is 0 Å². The van der Waals surface area contributed by atoms with Crippen molar-refractivity contribution in [1.82, 2.24) is 0 Å². The summed E-state index contributed by atoms with van der Waals surface area (Å²) in [5.74, 6) is 2.27. The van der Waals surface area contributed by atoms with Gasteiger partial charge in [-0.1, -0.05) is 0 Å². The third kappa shape index (κ3) is 2.78. The highest BCUT2D eigenvalue weighted by Crippen LogP contribution is 2.31. The van der Waals surface area contributed by atoms with Gasteiger partial charge in [0.25, 0.3) is 0 Å². The number of hydrogen-bond acceptors (Lipinski definition) is 4. The van der Waals surface area contributed by atoms with Gasteiger partial charge in [0.05, 0.1) is 21.3 Å². The fourth-order valence-corrected chi connectivity index (χ4v) is 1.87. The minimum absolute atomic E-state index is 0.126. The average molecular weight is 226 g/mol. The molecule has 1 unspecified atom stereocenters. The summed E-state index contributed by atoms with van der Waals surface area (Å²) in [5.41, 5.74) is 0. The van der Waals surface area contributed by atoms with Gasteiger partial charge in [0, 0.05) is 12.8 Å². The lowest BCUT2D eigenvalue weighted by Crippen LogP contribution is -2.15. The first-order chi connectivity index (χ1) is 7.62. The summed E-state index contributed by atoms with van der Waals surface area (Å²) >= 11 is 0. The number of ketones is 1. The van der Waals surface area contributed by atoms with Crippen molar-refractivity contribution in [3.05, 3.63) is 23.4 Å². The van der Waals surface area contributed by atoms with Crippen molar-refractivity contribution < 1.29 is 19.0 Å². The average Bonchev–Trinajstić information content (AvgIpc) is 2.26. The minimum Gasteiger partial charge on any atom is -0.497 e. The molecule has 16 heavy (non-hydrogen) atoms. The predicted molar refractivity (Wildman–Crippen MR) is 59.5 cm³/mol. The van der Waals surface area contributed by atoms with Crippen molar-refractivity contribution in [2.24, 2.45) is 5.92 Å². The number of carbonyl (C=O) groups excluding carboxylic acids is 1. The van der Waals surface area contributed by atoms with E-state index in [1.807, 2.05) is 6.08 Å². The Hall–Kier alpha value is -1.45. The lowest BCUT2D eigenvalue weighted by molar-refractivity contribution is -0.117. The molecule has 0 spiro atoms. The van der Waals surface area contributed by atoms with Gasteiger partial charge in [-0.25, -0.2) is 0 Å². The van der Waals surface area contributed by atoms with Gasteiger partial charge in [-0.2, -0.15) is 0 Å². The zero-order valence-corrected chi connectivity index (χ0v) is 10.2. The number of ether oxygens (including phenoxy) is 3. The van der Waals surface area contributed by atoms with E-state index in [-0.39, 0.29) is 11.7 Å². The molecular formula is C12H18O4. The van der Waals surface area contributed by atoms with Crippen LogP contribution >= 0.6 is 0 Å². The van der Waals surface area contributed by atoms with Gasteiger partial charge in [0.1, 0.15) is 11.5 Å². The maximum Gasteiger partial charge on any atom is 0.198 e. The summed E-state index contributed by atoms with van der Waals surface area (Å²) in [5, 5.41) is 0. The van der Waals surface area contributed by atoms with Crippen molar-refractivity contribution in [2.75, 3.05) is 21.3 Å². The van der Waals surface area contributed by atoms with Crippen molar-refractivity contribution in [1.29, 1.82) is 0 Å². The molecule has 0 saturated carbocycles. The van der Waals surface area contributed by atoms with Gasteiger partial charge in [-0.3, -0.25) is 0 Å². The van der Waals surface area contributed by atoms with Crippen molar-refractivity contribution in [3.8, 4) is 0 Å². The summed E-state index contributed by atoms with van der Waals surface area (Å²) in [7, 11) is 4.75. The molecule has 1 aliphatic rings. The Morgan fingerprint density at radius 3 is 2.44 bits per heavy atom. The normalized spacial score (nSPS) is 20.2. The van der Waals surface area contributed by atoms with Crippen LogP contribution in [0, 0.1) is 5.92 Å². The molecule has 0 radical (unpaired) electrons. The highest BCUT2D eigenvalue weighted by molar-refractivity contribution is 5.76. The lowest BCUT2D eigenvalue weighted by atomic mass is 9.92. The summed E-state index contributed by atoms with van der Waals surface area (Å²) in [6.07, 6.45) is 3.09. The molecule has 0 saturated heterocycles. The molecule has 90 valence electrons. The lowest BCUT2D eigenvalue weighted by Gasteiger charge is -2.23. The Kier molecular flexibility index (Phi) is 4.40. The van der Waals surface area contributed by atoms with Gasteiger partial charge in [0.15, 0.2) is 11.5 Å². The molecule has 0 aromatic heterocycles. The standard InChI is InChI=1S/C12H18O4/c1-8(13)5-9-6-10(14-2)12(16-4)11(7-9)15-3/h6,9H,5,7H2,1-4H3. The molecule has 1 aliphatic carbocycles. The van der Waals surface area contributed by atoms with Gasteiger partial charge in [-0.05, 0) is 18.9 Å². The first-order valence-electron chi connectivity index (χ1n) is 5.19. The molecule has 0 N–H and O–H groups in total. The van der Waals surface area contributed by atoms with E-state index in [1.54, 1.807) is 28.3 Å². The maximum absolute atomic E-state index is 11.1. The van der Waals surface area contributed by atoms with Crippen LogP contribution in [0.5, 0.6) is 0 Å². The Morgan fingerprint density at radius 1 is 1.31 bits per heavy atom. The van der Waals surface area contributed by atoms with Crippen LogP contribution in [0.2, 0.25) is 0 Å². The first kappa shape index (κ1) is 12.6. The molecular weight excluding hydrogens is 208 g/mol. The zero-order chi connectivity index (χ0) is 12.1. The maximum atomic E-state index is 11.1. The molecule has 0 aromatic rings. The number of allylic oxidation sites excluding steroid dienone is 2. The van der Waals surface area contributed by atoms with Crippen LogP contribution in [0.15, 0.2) is 23.4 Å². The van der Waals surface area contributed by atoms with E-state index in [9.17, 15) is 4.79 Å². The molecule has 0 aromatic carbocycles. The van der Waals surface area contributed by atoms with Crippen LogP contribution < -0.4 is 0 Å². The van der Waals surface area contributed by atoms with Crippen LogP contribution in [-0.2, 0) is 19.0 Å². The minimum atomic E-state index is 0.126. The fourth-order valence-electron chi connectivity index (χ4n) is 1.87. The van der Waals surface area contributed by atoms with E-state index in [4.69, 9.17) is 14.2 Å². The Bertz CT molecular complexity index is 328. The van der Waals surface area contributed by atoms with E-state index >= 15 is 0 Å². The second-order valence-electron chi connectivity index (χ2n) is 3.77. The molecule has 4 heteroatoms. The molecule has 0 bridgehead atoms. The predicted octanol–water partition coefficient (Wildman–Crippen LogP) is 2.02. The zero-order valence-electron chi connectivity index (χ0n) is 10.2. The van der Waals surface area contributed by atoms with Crippen molar-refractivity contribution in [3.63, 3.8) is 0 Å².